The number of benzene rings is 2. The number of rotatable bonds is 5. The van der Waals surface area contributed by atoms with E-state index in [4.69, 9.17) is 0 Å². The topological polar surface area (TPSA) is 68.7 Å². The zero-order valence-corrected chi connectivity index (χ0v) is 16.5. The van der Waals surface area contributed by atoms with Crippen LogP contribution in [0, 0.1) is 5.82 Å². The molecule has 0 spiro atoms. The van der Waals surface area contributed by atoms with E-state index in [1.54, 1.807) is 24.3 Å². The van der Waals surface area contributed by atoms with Crippen LogP contribution < -0.4 is 10.2 Å². The molecule has 29 heavy (non-hydrogen) atoms. The van der Waals surface area contributed by atoms with Crippen LogP contribution in [0.25, 0.3) is 11.3 Å². The van der Waals surface area contributed by atoms with Crippen molar-refractivity contribution in [1.29, 1.82) is 0 Å². The van der Waals surface area contributed by atoms with Gasteiger partial charge in [0.05, 0.1) is 17.9 Å². The molecule has 0 unspecified atom stereocenters. The number of phenols is 1. The van der Waals surface area contributed by atoms with Gasteiger partial charge in [-0.25, -0.2) is 9.37 Å². The number of hydrogen-bond acceptors (Lipinski definition) is 6. The predicted octanol–water partition coefficient (Wildman–Crippen LogP) is 3.42. The molecule has 6 nitrogen and oxygen atoms in total. The van der Waals surface area contributed by atoms with Gasteiger partial charge >= 0.3 is 0 Å². The Labute approximate surface area is 172 Å². The number of hydrogen-bond donors (Lipinski definition) is 2. The van der Waals surface area contributed by atoms with Gasteiger partial charge in [0.25, 0.3) is 0 Å². The van der Waals surface area contributed by atoms with Crippen LogP contribution in [0.3, 0.4) is 0 Å². The van der Waals surface area contributed by atoms with Crippen LogP contribution in [0.15, 0.2) is 53.9 Å². The molecule has 0 saturated carbocycles. The van der Waals surface area contributed by atoms with Crippen molar-refractivity contribution in [3.63, 3.8) is 0 Å². The van der Waals surface area contributed by atoms with Crippen LogP contribution in [-0.4, -0.2) is 53.6 Å². The normalized spacial score (nSPS) is 14.7. The fraction of sp³-hybridized carbons (Fsp3) is 0.238. The lowest BCUT2D eigenvalue weighted by atomic mass is 10.2. The van der Waals surface area contributed by atoms with E-state index in [0.717, 1.165) is 37.4 Å². The van der Waals surface area contributed by atoms with E-state index in [2.05, 4.69) is 20.1 Å². The van der Waals surface area contributed by atoms with Gasteiger partial charge in [-0.3, -0.25) is 9.69 Å². The molecule has 1 saturated heterocycles. The van der Waals surface area contributed by atoms with E-state index < -0.39 is 0 Å². The van der Waals surface area contributed by atoms with Gasteiger partial charge in [0, 0.05) is 37.1 Å². The Morgan fingerprint density at radius 2 is 1.83 bits per heavy atom. The minimum atomic E-state index is -0.292. The standard InChI is InChI=1S/C21H21FN4O2S/c22-16-7-5-15(6-8-16)17-14-29-21(23-17)24-20(28)13-25-9-11-26(12-10-25)18-3-1-2-4-19(18)27/h1-8,14,27H,9-13H2,(H,23,24,28). The summed E-state index contributed by atoms with van der Waals surface area (Å²) in [5, 5.41) is 15.2. The van der Waals surface area contributed by atoms with Crippen LogP contribution in [0.4, 0.5) is 15.2 Å². The van der Waals surface area contributed by atoms with Crippen molar-refractivity contribution in [3.8, 4) is 17.0 Å². The largest absolute Gasteiger partial charge is 0.506 e. The van der Waals surface area contributed by atoms with Gasteiger partial charge in [-0.1, -0.05) is 12.1 Å². The minimum absolute atomic E-state index is 0.110. The quantitative estimate of drug-likeness (QED) is 0.672. The van der Waals surface area contributed by atoms with Gasteiger partial charge < -0.3 is 15.3 Å². The second-order valence-corrected chi connectivity index (χ2v) is 7.70. The van der Waals surface area contributed by atoms with Crippen molar-refractivity contribution in [3.05, 3.63) is 59.7 Å². The summed E-state index contributed by atoms with van der Waals surface area (Å²) in [5.41, 5.74) is 2.35. The molecule has 1 aliphatic rings. The molecule has 1 aliphatic heterocycles. The highest BCUT2D eigenvalue weighted by Crippen LogP contribution is 2.27. The summed E-state index contributed by atoms with van der Waals surface area (Å²) in [4.78, 5) is 21.0. The number of carbonyl (C=O) groups excluding carboxylic acids is 1. The molecule has 150 valence electrons. The molecule has 1 amide bonds. The number of aromatic nitrogens is 1. The van der Waals surface area contributed by atoms with Crippen LogP contribution in [0.1, 0.15) is 0 Å². The SMILES string of the molecule is O=C(CN1CCN(c2ccccc2O)CC1)Nc1nc(-c2ccc(F)cc2)cs1. The maximum absolute atomic E-state index is 13.0. The number of piperazine rings is 1. The summed E-state index contributed by atoms with van der Waals surface area (Å²) in [6.07, 6.45) is 0. The highest BCUT2D eigenvalue weighted by atomic mass is 32.1. The Kier molecular flexibility index (Phi) is 5.73. The number of carbonyl (C=O) groups is 1. The fourth-order valence-corrected chi connectivity index (χ4v) is 4.06. The van der Waals surface area contributed by atoms with E-state index in [0.29, 0.717) is 17.4 Å². The molecule has 2 heterocycles. The maximum atomic E-state index is 13.0. The van der Waals surface area contributed by atoms with Gasteiger partial charge in [0.2, 0.25) is 5.91 Å². The first-order chi connectivity index (χ1) is 14.1. The molecule has 0 radical (unpaired) electrons. The molecule has 0 bridgehead atoms. The monoisotopic (exact) mass is 412 g/mol. The molecule has 4 rings (SSSR count). The predicted molar refractivity (Wildman–Crippen MR) is 113 cm³/mol. The van der Waals surface area contributed by atoms with Gasteiger partial charge in [-0.2, -0.15) is 0 Å². The first kappa shape index (κ1) is 19.4. The number of halogens is 1. The third-order valence-corrected chi connectivity index (χ3v) is 5.61. The maximum Gasteiger partial charge on any atom is 0.240 e. The minimum Gasteiger partial charge on any atom is -0.506 e. The van der Waals surface area contributed by atoms with E-state index in [-0.39, 0.29) is 17.5 Å². The third kappa shape index (κ3) is 4.72. The lowest BCUT2D eigenvalue weighted by Crippen LogP contribution is -2.48. The van der Waals surface area contributed by atoms with Crippen molar-refractivity contribution in [2.45, 2.75) is 0 Å². The lowest BCUT2D eigenvalue weighted by molar-refractivity contribution is -0.117. The van der Waals surface area contributed by atoms with Crippen LogP contribution in [-0.2, 0) is 4.79 Å². The number of nitrogens with one attached hydrogen (secondary N) is 1. The Bertz CT molecular complexity index is 984. The zero-order valence-electron chi connectivity index (χ0n) is 15.7. The molecule has 2 N–H and O–H groups in total. The van der Waals surface area contributed by atoms with Crippen LogP contribution in [0.2, 0.25) is 0 Å². The molecule has 2 aromatic carbocycles. The summed E-state index contributed by atoms with van der Waals surface area (Å²) in [7, 11) is 0. The molecule has 0 aliphatic carbocycles. The van der Waals surface area contributed by atoms with Crippen molar-refractivity contribution in [2.24, 2.45) is 0 Å². The second kappa shape index (κ2) is 8.59. The van der Waals surface area contributed by atoms with Crippen molar-refractivity contribution in [2.75, 3.05) is 42.9 Å². The first-order valence-electron chi connectivity index (χ1n) is 9.35. The Balaban J connectivity index is 1.29. The summed E-state index contributed by atoms with van der Waals surface area (Å²) >= 11 is 1.35. The molecular formula is C21H21FN4O2S. The number of aromatic hydroxyl groups is 1. The second-order valence-electron chi connectivity index (χ2n) is 6.84. The summed E-state index contributed by atoms with van der Waals surface area (Å²) in [6.45, 7) is 3.26. The van der Waals surface area contributed by atoms with Crippen molar-refractivity contribution in [1.82, 2.24) is 9.88 Å². The first-order valence-corrected chi connectivity index (χ1v) is 10.2. The summed E-state index contributed by atoms with van der Waals surface area (Å²) < 4.78 is 13.0. The number of para-hydroxylation sites is 2. The number of phenolic OH excluding ortho intramolecular Hbond substituents is 1. The number of thiazole rings is 1. The molecule has 1 aromatic heterocycles. The van der Waals surface area contributed by atoms with E-state index in [1.165, 1.54) is 23.5 Å². The van der Waals surface area contributed by atoms with Crippen molar-refractivity contribution >= 4 is 28.1 Å². The molecule has 8 heteroatoms. The number of amides is 1. The lowest BCUT2D eigenvalue weighted by Gasteiger charge is -2.35. The number of anilines is 2. The van der Waals surface area contributed by atoms with E-state index >= 15 is 0 Å². The van der Waals surface area contributed by atoms with Crippen LogP contribution in [0.5, 0.6) is 5.75 Å². The molecule has 3 aromatic rings. The number of nitrogens with zero attached hydrogens (tertiary/aromatic N) is 3. The highest BCUT2D eigenvalue weighted by molar-refractivity contribution is 7.14. The molecule has 0 atom stereocenters. The van der Waals surface area contributed by atoms with Gasteiger partial charge in [0.1, 0.15) is 11.6 Å². The Morgan fingerprint density at radius 3 is 2.55 bits per heavy atom. The molecule has 1 fully saturated rings. The van der Waals surface area contributed by atoms with E-state index in [1.807, 2.05) is 17.5 Å². The van der Waals surface area contributed by atoms with Gasteiger partial charge in [-0.15, -0.1) is 11.3 Å². The summed E-state index contributed by atoms with van der Waals surface area (Å²) in [5.74, 6) is -0.125. The Morgan fingerprint density at radius 1 is 1.10 bits per heavy atom. The van der Waals surface area contributed by atoms with Crippen LogP contribution >= 0.6 is 11.3 Å². The average Bonchev–Trinajstić information content (AvgIpc) is 3.18. The van der Waals surface area contributed by atoms with Gasteiger partial charge in [0.15, 0.2) is 5.13 Å². The fourth-order valence-electron chi connectivity index (χ4n) is 3.32. The van der Waals surface area contributed by atoms with Gasteiger partial charge in [-0.05, 0) is 36.4 Å². The summed E-state index contributed by atoms with van der Waals surface area (Å²) in [6, 6.07) is 13.4. The smallest absolute Gasteiger partial charge is 0.240 e. The highest BCUT2D eigenvalue weighted by Gasteiger charge is 2.21. The zero-order chi connectivity index (χ0) is 20.2. The van der Waals surface area contributed by atoms with E-state index in [9.17, 15) is 14.3 Å². The van der Waals surface area contributed by atoms with Crippen molar-refractivity contribution < 1.29 is 14.3 Å². The Hall–Kier alpha value is -2.97. The molecular weight excluding hydrogens is 391 g/mol. The third-order valence-electron chi connectivity index (χ3n) is 4.85. The average molecular weight is 412 g/mol.